The molecule has 1 aromatic rings. The van der Waals surface area contributed by atoms with Crippen LogP contribution in [0.4, 0.5) is 4.39 Å². The van der Waals surface area contributed by atoms with Crippen LogP contribution >= 0.6 is 0 Å². The molecule has 0 aromatic heterocycles. The van der Waals surface area contributed by atoms with Gasteiger partial charge in [0.25, 0.3) is 0 Å². The minimum Gasteiger partial charge on any atom is -0.383 e. The van der Waals surface area contributed by atoms with Gasteiger partial charge < -0.3 is 15.0 Å². The summed E-state index contributed by atoms with van der Waals surface area (Å²) in [7, 11) is 1.56. The number of rotatable bonds is 6. The number of hydrogen-bond acceptors (Lipinski definition) is 3. The summed E-state index contributed by atoms with van der Waals surface area (Å²) in [5.74, 6) is -0.536. The predicted molar refractivity (Wildman–Crippen MR) is 74.9 cm³/mol. The van der Waals surface area contributed by atoms with Crippen LogP contribution in [-0.4, -0.2) is 43.0 Å². The molecule has 1 fully saturated rings. The van der Waals surface area contributed by atoms with E-state index >= 15 is 0 Å². The van der Waals surface area contributed by atoms with Crippen molar-refractivity contribution >= 4 is 11.8 Å². The zero-order valence-corrected chi connectivity index (χ0v) is 12.0. The van der Waals surface area contributed by atoms with E-state index in [9.17, 15) is 14.0 Å². The summed E-state index contributed by atoms with van der Waals surface area (Å²) in [4.78, 5) is 25.6. The first-order valence-electron chi connectivity index (χ1n) is 6.92. The smallest absolute Gasteiger partial charge is 0.242 e. The maximum Gasteiger partial charge on any atom is 0.242 e. The molecule has 6 heteroatoms. The Kier molecular flexibility index (Phi) is 5.27. The number of carbonyl (C=O) groups is 2. The van der Waals surface area contributed by atoms with E-state index < -0.39 is 6.04 Å². The first-order chi connectivity index (χ1) is 10.1. The van der Waals surface area contributed by atoms with Gasteiger partial charge in [-0.3, -0.25) is 9.59 Å². The Morgan fingerprint density at radius 3 is 2.81 bits per heavy atom. The molecule has 0 aliphatic carbocycles. The number of nitrogens with zero attached hydrogens (tertiary/aromatic N) is 1. The van der Waals surface area contributed by atoms with Crippen LogP contribution in [0.2, 0.25) is 0 Å². The molecule has 1 N–H and O–H groups in total. The fourth-order valence-electron chi connectivity index (χ4n) is 2.39. The van der Waals surface area contributed by atoms with Crippen molar-refractivity contribution in [2.45, 2.75) is 25.4 Å². The zero-order valence-electron chi connectivity index (χ0n) is 12.0. The molecule has 1 saturated heterocycles. The van der Waals surface area contributed by atoms with Crippen molar-refractivity contribution in [3.8, 4) is 0 Å². The first kappa shape index (κ1) is 15.4. The third-order valence-electron chi connectivity index (χ3n) is 3.50. The quantitative estimate of drug-likeness (QED) is 0.799. The number of halogens is 1. The highest BCUT2D eigenvalue weighted by atomic mass is 19.1. The first-order valence-corrected chi connectivity index (χ1v) is 6.92. The Balaban J connectivity index is 1.99. The number of ether oxygens (including phenoxy) is 1. The molecule has 2 rings (SSSR count). The molecular formula is C15H19FN2O3. The maximum absolute atomic E-state index is 12.9. The van der Waals surface area contributed by atoms with E-state index in [0.29, 0.717) is 32.5 Å². The van der Waals surface area contributed by atoms with Gasteiger partial charge >= 0.3 is 0 Å². The molecule has 1 atom stereocenters. The number of carbonyl (C=O) groups excluding carboxylic acids is 2. The monoisotopic (exact) mass is 294 g/mol. The lowest BCUT2D eigenvalue weighted by atomic mass is 10.1. The fourth-order valence-corrected chi connectivity index (χ4v) is 2.39. The van der Waals surface area contributed by atoms with Crippen molar-refractivity contribution in [1.82, 2.24) is 10.2 Å². The third kappa shape index (κ3) is 4.01. The third-order valence-corrected chi connectivity index (χ3v) is 3.50. The van der Waals surface area contributed by atoms with E-state index in [-0.39, 0.29) is 17.6 Å². The summed E-state index contributed by atoms with van der Waals surface area (Å²) in [5.41, 5.74) is 0.807. The van der Waals surface area contributed by atoms with Gasteiger partial charge in [-0.15, -0.1) is 0 Å². The lowest BCUT2D eigenvalue weighted by Gasteiger charge is -2.24. The van der Waals surface area contributed by atoms with Crippen molar-refractivity contribution in [2.24, 2.45) is 0 Å². The number of benzene rings is 1. The molecule has 0 spiro atoms. The molecule has 0 saturated carbocycles. The second-order valence-electron chi connectivity index (χ2n) is 4.99. The van der Waals surface area contributed by atoms with Gasteiger partial charge in [0.15, 0.2) is 0 Å². The summed E-state index contributed by atoms with van der Waals surface area (Å²) in [6.07, 6.45) is 0.877. The Bertz CT molecular complexity index is 504. The van der Waals surface area contributed by atoms with Gasteiger partial charge in [0, 0.05) is 26.6 Å². The minimum atomic E-state index is -0.459. The lowest BCUT2D eigenvalue weighted by molar-refractivity contribution is -0.135. The van der Waals surface area contributed by atoms with E-state index in [1.165, 1.54) is 12.1 Å². The highest BCUT2D eigenvalue weighted by Gasteiger charge is 2.35. The van der Waals surface area contributed by atoms with Crippen LogP contribution < -0.4 is 5.32 Å². The second kappa shape index (κ2) is 7.17. The van der Waals surface area contributed by atoms with Gasteiger partial charge in [0.2, 0.25) is 11.8 Å². The SMILES string of the molecule is COCCNC(=O)C1CCC(=O)N1Cc1ccc(F)cc1. The predicted octanol–water partition coefficient (Wildman–Crippen LogP) is 1.08. The highest BCUT2D eigenvalue weighted by Crippen LogP contribution is 2.21. The van der Waals surface area contributed by atoms with Gasteiger partial charge in [-0.05, 0) is 24.1 Å². The summed E-state index contributed by atoms with van der Waals surface area (Å²) in [6.45, 7) is 1.18. The van der Waals surface area contributed by atoms with Gasteiger partial charge in [0.1, 0.15) is 11.9 Å². The van der Waals surface area contributed by atoms with Crippen molar-refractivity contribution in [3.63, 3.8) is 0 Å². The number of methoxy groups -OCH3 is 1. The standard InChI is InChI=1S/C15H19FN2O3/c1-21-9-8-17-15(20)13-6-7-14(19)18(13)10-11-2-4-12(16)5-3-11/h2-5,13H,6-10H2,1H3,(H,17,20). The maximum atomic E-state index is 12.9. The topological polar surface area (TPSA) is 58.6 Å². The van der Waals surface area contributed by atoms with E-state index in [2.05, 4.69) is 5.32 Å². The van der Waals surface area contributed by atoms with E-state index in [1.54, 1.807) is 24.1 Å². The van der Waals surface area contributed by atoms with Crippen LogP contribution in [0.15, 0.2) is 24.3 Å². The molecular weight excluding hydrogens is 275 g/mol. The van der Waals surface area contributed by atoms with E-state index in [0.717, 1.165) is 5.56 Å². The second-order valence-corrected chi connectivity index (χ2v) is 4.99. The van der Waals surface area contributed by atoms with Gasteiger partial charge in [-0.2, -0.15) is 0 Å². The van der Waals surface area contributed by atoms with Crippen LogP contribution in [0.1, 0.15) is 18.4 Å². The molecule has 1 heterocycles. The summed E-state index contributed by atoms with van der Waals surface area (Å²) in [6, 6.07) is 5.49. The van der Waals surface area contributed by atoms with Crippen LogP contribution in [0.5, 0.6) is 0 Å². The molecule has 1 aromatic carbocycles. The Labute approximate surface area is 123 Å². The highest BCUT2D eigenvalue weighted by molar-refractivity contribution is 5.90. The van der Waals surface area contributed by atoms with Crippen molar-refractivity contribution < 1.29 is 18.7 Å². The lowest BCUT2D eigenvalue weighted by Crippen LogP contribution is -2.45. The Morgan fingerprint density at radius 2 is 2.14 bits per heavy atom. The summed E-state index contributed by atoms with van der Waals surface area (Å²) < 4.78 is 17.8. The molecule has 5 nitrogen and oxygen atoms in total. The van der Waals surface area contributed by atoms with Gasteiger partial charge in [-0.25, -0.2) is 4.39 Å². The summed E-state index contributed by atoms with van der Waals surface area (Å²) in [5, 5.41) is 2.75. The molecule has 1 aliphatic heterocycles. The Morgan fingerprint density at radius 1 is 1.43 bits per heavy atom. The van der Waals surface area contributed by atoms with Crippen molar-refractivity contribution in [1.29, 1.82) is 0 Å². The molecule has 114 valence electrons. The van der Waals surface area contributed by atoms with Crippen molar-refractivity contribution in [3.05, 3.63) is 35.6 Å². The minimum absolute atomic E-state index is 0.0498. The van der Waals surface area contributed by atoms with Gasteiger partial charge in [-0.1, -0.05) is 12.1 Å². The number of hydrogen-bond donors (Lipinski definition) is 1. The molecule has 2 amide bonds. The fraction of sp³-hybridized carbons (Fsp3) is 0.467. The zero-order chi connectivity index (χ0) is 15.2. The van der Waals surface area contributed by atoms with Crippen LogP contribution in [0, 0.1) is 5.82 Å². The normalized spacial score (nSPS) is 18.1. The number of nitrogens with one attached hydrogen (secondary N) is 1. The summed E-state index contributed by atoms with van der Waals surface area (Å²) >= 11 is 0. The number of likely N-dealkylation sites (tertiary alicyclic amines) is 1. The molecule has 1 unspecified atom stereocenters. The van der Waals surface area contributed by atoms with Crippen LogP contribution in [-0.2, 0) is 20.9 Å². The molecule has 0 bridgehead atoms. The van der Waals surface area contributed by atoms with E-state index in [1.807, 2.05) is 0 Å². The largest absolute Gasteiger partial charge is 0.383 e. The number of amides is 2. The molecule has 1 aliphatic rings. The van der Waals surface area contributed by atoms with Crippen LogP contribution in [0.25, 0.3) is 0 Å². The molecule has 0 radical (unpaired) electrons. The van der Waals surface area contributed by atoms with Gasteiger partial charge in [0.05, 0.1) is 6.61 Å². The van der Waals surface area contributed by atoms with E-state index in [4.69, 9.17) is 4.74 Å². The van der Waals surface area contributed by atoms with Crippen LogP contribution in [0.3, 0.4) is 0 Å². The molecule has 21 heavy (non-hydrogen) atoms. The van der Waals surface area contributed by atoms with Crippen molar-refractivity contribution in [2.75, 3.05) is 20.3 Å². The average Bonchev–Trinajstić information content (AvgIpc) is 2.83. The Hall–Kier alpha value is -1.95. The average molecular weight is 294 g/mol.